The van der Waals surface area contributed by atoms with Crippen molar-refractivity contribution >= 4 is 0 Å². The minimum atomic E-state index is 1.16. The summed E-state index contributed by atoms with van der Waals surface area (Å²) < 4.78 is 0. The number of rotatable bonds is 7. The van der Waals surface area contributed by atoms with Crippen molar-refractivity contribution in [3.8, 4) is 0 Å². The Morgan fingerprint density at radius 3 is 2.11 bits per heavy atom. The highest BCUT2D eigenvalue weighted by Gasteiger charge is 2.08. The third-order valence-corrected chi connectivity index (χ3v) is 3.99. The molecule has 19 heavy (non-hydrogen) atoms. The Labute approximate surface area is 118 Å². The molecule has 2 rings (SSSR count). The van der Waals surface area contributed by atoms with E-state index in [1.165, 1.54) is 62.9 Å². The van der Waals surface area contributed by atoms with Gasteiger partial charge in [0.15, 0.2) is 0 Å². The van der Waals surface area contributed by atoms with Gasteiger partial charge in [0.25, 0.3) is 0 Å². The second-order valence-electron chi connectivity index (χ2n) is 5.62. The number of aryl methyl sites for hydroxylation is 2. The molecule has 2 heteroatoms. The Morgan fingerprint density at radius 1 is 0.947 bits per heavy atom. The third-order valence-electron chi connectivity index (χ3n) is 3.99. The van der Waals surface area contributed by atoms with E-state index in [9.17, 15) is 0 Å². The van der Waals surface area contributed by atoms with Crippen LogP contribution in [-0.2, 0) is 12.8 Å². The van der Waals surface area contributed by atoms with Crippen LogP contribution in [-0.4, -0.2) is 37.6 Å². The maximum Gasteiger partial charge on any atom is 0.0107 e. The molecule has 1 fully saturated rings. The van der Waals surface area contributed by atoms with Crippen LogP contribution in [0.3, 0.4) is 0 Å². The van der Waals surface area contributed by atoms with E-state index in [0.717, 1.165) is 13.1 Å². The van der Waals surface area contributed by atoms with Gasteiger partial charge in [-0.3, -0.25) is 0 Å². The molecule has 1 aromatic carbocycles. The van der Waals surface area contributed by atoms with Crippen LogP contribution in [0.4, 0.5) is 0 Å². The van der Waals surface area contributed by atoms with Gasteiger partial charge in [-0.25, -0.2) is 0 Å². The van der Waals surface area contributed by atoms with Gasteiger partial charge in [0.05, 0.1) is 0 Å². The van der Waals surface area contributed by atoms with Gasteiger partial charge < -0.3 is 10.2 Å². The number of hydrogen-bond donors (Lipinski definition) is 1. The molecule has 0 unspecified atom stereocenters. The quantitative estimate of drug-likeness (QED) is 0.811. The summed E-state index contributed by atoms with van der Waals surface area (Å²) in [5, 5.41) is 3.40. The van der Waals surface area contributed by atoms with E-state index in [1.807, 2.05) is 0 Å². The lowest BCUT2D eigenvalue weighted by Crippen LogP contribution is -2.43. The first-order valence-corrected chi connectivity index (χ1v) is 7.89. The molecule has 1 heterocycles. The second-order valence-corrected chi connectivity index (χ2v) is 5.62. The lowest BCUT2D eigenvalue weighted by atomic mass is 10.0. The van der Waals surface area contributed by atoms with Crippen LogP contribution in [0.2, 0.25) is 0 Å². The molecule has 1 aromatic rings. The van der Waals surface area contributed by atoms with Gasteiger partial charge in [-0.1, -0.05) is 37.6 Å². The molecule has 0 aromatic heterocycles. The average molecular weight is 260 g/mol. The minimum Gasteiger partial charge on any atom is -0.314 e. The normalized spacial score (nSPS) is 16.7. The summed E-state index contributed by atoms with van der Waals surface area (Å²) in [5.41, 5.74) is 2.99. The van der Waals surface area contributed by atoms with Crippen molar-refractivity contribution in [1.82, 2.24) is 10.2 Å². The number of nitrogens with zero attached hydrogens (tertiary/aromatic N) is 1. The van der Waals surface area contributed by atoms with Crippen LogP contribution in [0.1, 0.15) is 37.3 Å². The fraction of sp³-hybridized carbons (Fsp3) is 0.647. The Hall–Kier alpha value is -0.860. The largest absolute Gasteiger partial charge is 0.314 e. The first-order chi connectivity index (χ1) is 9.38. The van der Waals surface area contributed by atoms with Gasteiger partial charge >= 0.3 is 0 Å². The average Bonchev–Trinajstić information content (AvgIpc) is 2.47. The van der Waals surface area contributed by atoms with E-state index >= 15 is 0 Å². The van der Waals surface area contributed by atoms with Gasteiger partial charge in [-0.15, -0.1) is 0 Å². The van der Waals surface area contributed by atoms with Crippen LogP contribution >= 0.6 is 0 Å². The topological polar surface area (TPSA) is 15.3 Å². The molecular formula is C17H28N2. The van der Waals surface area contributed by atoms with Crippen LogP contribution < -0.4 is 5.32 Å². The van der Waals surface area contributed by atoms with Crippen LogP contribution in [0.15, 0.2) is 24.3 Å². The summed E-state index contributed by atoms with van der Waals surface area (Å²) in [7, 11) is 0. The SMILES string of the molecule is CCCCc1ccc(CCCN2CCNCC2)cc1. The Morgan fingerprint density at radius 2 is 1.53 bits per heavy atom. The number of nitrogens with one attached hydrogen (secondary N) is 1. The van der Waals surface area contributed by atoms with Crippen molar-refractivity contribution in [2.24, 2.45) is 0 Å². The molecule has 1 aliphatic heterocycles. The van der Waals surface area contributed by atoms with Crippen LogP contribution in [0.25, 0.3) is 0 Å². The van der Waals surface area contributed by atoms with E-state index in [2.05, 4.69) is 41.4 Å². The molecule has 1 saturated heterocycles. The summed E-state index contributed by atoms with van der Waals surface area (Å²) in [4.78, 5) is 2.58. The number of benzene rings is 1. The highest BCUT2D eigenvalue weighted by molar-refractivity contribution is 5.22. The smallest absolute Gasteiger partial charge is 0.0107 e. The van der Waals surface area contributed by atoms with Gasteiger partial charge in [0.2, 0.25) is 0 Å². The summed E-state index contributed by atoms with van der Waals surface area (Å²) >= 11 is 0. The first kappa shape index (κ1) is 14.5. The van der Waals surface area contributed by atoms with E-state index in [1.54, 1.807) is 0 Å². The molecule has 0 atom stereocenters. The van der Waals surface area contributed by atoms with E-state index in [-0.39, 0.29) is 0 Å². The number of piperazine rings is 1. The Bertz CT molecular complexity index is 339. The monoisotopic (exact) mass is 260 g/mol. The van der Waals surface area contributed by atoms with Crippen molar-refractivity contribution < 1.29 is 0 Å². The molecular weight excluding hydrogens is 232 g/mol. The van der Waals surface area contributed by atoms with Gasteiger partial charge in [-0.2, -0.15) is 0 Å². The highest BCUT2D eigenvalue weighted by atomic mass is 15.2. The third kappa shape index (κ3) is 5.33. The molecule has 1 aliphatic rings. The van der Waals surface area contributed by atoms with Crippen molar-refractivity contribution in [3.05, 3.63) is 35.4 Å². The molecule has 0 amide bonds. The summed E-state index contributed by atoms with van der Waals surface area (Å²) in [6, 6.07) is 9.27. The fourth-order valence-corrected chi connectivity index (χ4v) is 2.70. The predicted octanol–water partition coefficient (Wildman–Crippen LogP) is 2.87. The van der Waals surface area contributed by atoms with Crippen LogP contribution in [0, 0.1) is 0 Å². The number of hydrogen-bond acceptors (Lipinski definition) is 2. The molecule has 0 saturated carbocycles. The number of unbranched alkanes of at least 4 members (excludes halogenated alkanes) is 1. The van der Waals surface area contributed by atoms with E-state index < -0.39 is 0 Å². The molecule has 1 N–H and O–H groups in total. The van der Waals surface area contributed by atoms with Crippen LogP contribution in [0.5, 0.6) is 0 Å². The predicted molar refractivity (Wildman–Crippen MR) is 82.7 cm³/mol. The Kier molecular flexibility index (Phi) is 6.38. The molecule has 106 valence electrons. The second kappa shape index (κ2) is 8.34. The summed E-state index contributed by atoms with van der Waals surface area (Å²) in [6.07, 6.45) is 6.33. The maximum absolute atomic E-state index is 3.40. The van der Waals surface area contributed by atoms with E-state index in [0.29, 0.717) is 0 Å². The first-order valence-electron chi connectivity index (χ1n) is 7.89. The van der Waals surface area contributed by atoms with E-state index in [4.69, 9.17) is 0 Å². The van der Waals surface area contributed by atoms with Crippen molar-refractivity contribution in [3.63, 3.8) is 0 Å². The molecule has 0 spiro atoms. The fourth-order valence-electron chi connectivity index (χ4n) is 2.70. The maximum atomic E-state index is 3.40. The van der Waals surface area contributed by atoms with Crippen molar-refractivity contribution in [1.29, 1.82) is 0 Å². The summed E-state index contributed by atoms with van der Waals surface area (Å²) in [5.74, 6) is 0. The molecule has 0 radical (unpaired) electrons. The summed E-state index contributed by atoms with van der Waals surface area (Å²) in [6.45, 7) is 8.26. The van der Waals surface area contributed by atoms with Gasteiger partial charge in [0, 0.05) is 26.2 Å². The van der Waals surface area contributed by atoms with Crippen molar-refractivity contribution in [2.45, 2.75) is 39.0 Å². The lowest BCUT2D eigenvalue weighted by molar-refractivity contribution is 0.238. The van der Waals surface area contributed by atoms with Crippen molar-refractivity contribution in [2.75, 3.05) is 32.7 Å². The Balaban J connectivity index is 1.67. The minimum absolute atomic E-state index is 1.16. The zero-order valence-corrected chi connectivity index (χ0v) is 12.3. The molecule has 2 nitrogen and oxygen atoms in total. The molecule has 0 bridgehead atoms. The standard InChI is InChI=1S/C17H28N2/c1-2-3-5-16-7-9-17(10-8-16)6-4-13-19-14-11-18-12-15-19/h7-10,18H,2-6,11-15H2,1H3. The zero-order valence-electron chi connectivity index (χ0n) is 12.3. The lowest BCUT2D eigenvalue weighted by Gasteiger charge is -2.27. The zero-order chi connectivity index (χ0) is 13.3. The highest BCUT2D eigenvalue weighted by Crippen LogP contribution is 2.10. The molecule has 0 aliphatic carbocycles. The van der Waals surface area contributed by atoms with Gasteiger partial charge in [-0.05, 0) is 43.4 Å². The van der Waals surface area contributed by atoms with Gasteiger partial charge in [0.1, 0.15) is 0 Å².